The summed E-state index contributed by atoms with van der Waals surface area (Å²) in [5.41, 5.74) is -0.0291. The van der Waals surface area contributed by atoms with Crippen LogP contribution in [0.3, 0.4) is 0 Å². The zero-order chi connectivity index (χ0) is 17.1. The molecule has 1 aromatic rings. The summed E-state index contributed by atoms with van der Waals surface area (Å²) in [6, 6.07) is 9.39. The number of piperidine rings is 1. The van der Waals surface area contributed by atoms with Crippen LogP contribution in [0, 0.1) is 0 Å². The fourth-order valence-electron chi connectivity index (χ4n) is 2.89. The van der Waals surface area contributed by atoms with Crippen molar-refractivity contribution in [2.45, 2.75) is 43.8 Å². The van der Waals surface area contributed by atoms with E-state index in [9.17, 15) is 14.7 Å². The van der Waals surface area contributed by atoms with E-state index in [1.165, 1.54) is 0 Å². The molecule has 1 amide bonds. The lowest BCUT2D eigenvalue weighted by atomic mass is 9.73. The first-order chi connectivity index (χ1) is 10.7. The summed E-state index contributed by atoms with van der Waals surface area (Å²) in [7, 11) is 0. The maximum atomic E-state index is 12.3. The third-order valence-electron chi connectivity index (χ3n) is 4.33. The van der Waals surface area contributed by atoms with E-state index >= 15 is 0 Å². The van der Waals surface area contributed by atoms with E-state index < -0.39 is 11.4 Å². The van der Waals surface area contributed by atoms with Crippen LogP contribution in [-0.2, 0) is 15.0 Å². The summed E-state index contributed by atoms with van der Waals surface area (Å²) >= 11 is 1.63. The van der Waals surface area contributed by atoms with E-state index in [-0.39, 0.29) is 10.7 Å². The highest BCUT2D eigenvalue weighted by molar-refractivity contribution is 8.01. The van der Waals surface area contributed by atoms with Crippen LogP contribution < -0.4 is 0 Å². The molecule has 4 nitrogen and oxygen atoms in total. The standard InChI is InChI=1S/C18H25NO3S/c1-17(2,3)23-13-15(20)19-11-9-18(10-12-19,16(21)22)14-7-5-4-6-8-14/h4-8H,9-13H2,1-3H3,(H,21,22). The molecule has 0 bridgehead atoms. The Morgan fingerprint density at radius 3 is 2.22 bits per heavy atom. The second-order valence-corrected chi connectivity index (χ2v) is 8.84. The van der Waals surface area contributed by atoms with E-state index in [2.05, 4.69) is 20.8 Å². The molecule has 0 aliphatic carbocycles. The van der Waals surface area contributed by atoms with Gasteiger partial charge in [-0.2, -0.15) is 0 Å². The fraction of sp³-hybridized carbons (Fsp3) is 0.556. The smallest absolute Gasteiger partial charge is 0.314 e. The monoisotopic (exact) mass is 335 g/mol. The molecule has 0 radical (unpaired) electrons. The third-order valence-corrected chi connectivity index (χ3v) is 5.59. The second kappa shape index (κ2) is 6.95. The highest BCUT2D eigenvalue weighted by atomic mass is 32.2. The van der Waals surface area contributed by atoms with Crippen LogP contribution in [0.2, 0.25) is 0 Å². The molecule has 1 saturated heterocycles. The van der Waals surface area contributed by atoms with Gasteiger partial charge in [0, 0.05) is 17.8 Å². The Balaban J connectivity index is 2.03. The number of thioether (sulfide) groups is 1. The minimum atomic E-state index is -0.866. The van der Waals surface area contributed by atoms with E-state index in [1.54, 1.807) is 11.8 Å². The highest BCUT2D eigenvalue weighted by Crippen LogP contribution is 2.36. The predicted octanol–water partition coefficient (Wildman–Crippen LogP) is 3.16. The van der Waals surface area contributed by atoms with Crippen molar-refractivity contribution in [2.24, 2.45) is 0 Å². The van der Waals surface area contributed by atoms with E-state index in [4.69, 9.17) is 0 Å². The van der Waals surface area contributed by atoms with Crippen molar-refractivity contribution in [3.8, 4) is 0 Å². The van der Waals surface area contributed by atoms with Crippen LogP contribution in [0.25, 0.3) is 0 Å². The normalized spacial score (nSPS) is 17.8. The number of carbonyl (C=O) groups is 2. The topological polar surface area (TPSA) is 57.6 Å². The van der Waals surface area contributed by atoms with Gasteiger partial charge in [-0.25, -0.2) is 0 Å². The lowest BCUT2D eigenvalue weighted by Gasteiger charge is -2.39. The third kappa shape index (κ3) is 4.28. The van der Waals surface area contributed by atoms with E-state index in [1.807, 2.05) is 35.2 Å². The number of carboxylic acid groups (broad SMARTS) is 1. The first-order valence-corrected chi connectivity index (χ1v) is 8.94. The molecule has 5 heteroatoms. The molecule has 0 saturated carbocycles. The molecular formula is C18H25NO3S. The summed E-state index contributed by atoms with van der Waals surface area (Å²) in [4.78, 5) is 26.0. The Kier molecular flexibility index (Phi) is 5.40. The van der Waals surface area contributed by atoms with Crippen molar-refractivity contribution in [3.63, 3.8) is 0 Å². The Morgan fingerprint density at radius 1 is 1.17 bits per heavy atom. The SMILES string of the molecule is CC(C)(C)SCC(=O)N1CCC(C(=O)O)(c2ccccc2)CC1. The molecule has 2 rings (SSSR count). The van der Waals surface area contributed by atoms with E-state index in [0.717, 1.165) is 5.56 Å². The number of amides is 1. The lowest BCUT2D eigenvalue weighted by molar-refractivity contribution is -0.147. The second-order valence-electron chi connectivity index (χ2n) is 7.04. The van der Waals surface area contributed by atoms with Crippen LogP contribution in [0.15, 0.2) is 30.3 Å². The Hall–Kier alpha value is -1.49. The van der Waals surface area contributed by atoms with Crippen molar-refractivity contribution in [2.75, 3.05) is 18.8 Å². The average molecular weight is 335 g/mol. The molecule has 0 aromatic heterocycles. The summed E-state index contributed by atoms with van der Waals surface area (Å²) in [6.07, 6.45) is 0.941. The average Bonchev–Trinajstić information content (AvgIpc) is 2.52. The minimum absolute atomic E-state index is 0.0559. The molecule has 1 aromatic carbocycles. The van der Waals surface area contributed by atoms with E-state index in [0.29, 0.717) is 31.7 Å². The fourth-order valence-corrected chi connectivity index (χ4v) is 3.63. The number of hydrogen-bond donors (Lipinski definition) is 1. The number of likely N-dealkylation sites (tertiary alicyclic amines) is 1. The molecule has 126 valence electrons. The van der Waals surface area contributed by atoms with Gasteiger partial charge >= 0.3 is 5.97 Å². The van der Waals surface area contributed by atoms with Gasteiger partial charge in [-0.3, -0.25) is 9.59 Å². The minimum Gasteiger partial charge on any atom is -0.481 e. The maximum absolute atomic E-state index is 12.3. The van der Waals surface area contributed by atoms with Gasteiger partial charge in [0.25, 0.3) is 0 Å². The molecular weight excluding hydrogens is 310 g/mol. The molecule has 0 spiro atoms. The maximum Gasteiger partial charge on any atom is 0.314 e. The number of nitrogens with zero attached hydrogens (tertiary/aromatic N) is 1. The van der Waals surface area contributed by atoms with Gasteiger partial charge in [0.1, 0.15) is 0 Å². The highest BCUT2D eigenvalue weighted by Gasteiger charge is 2.43. The van der Waals surface area contributed by atoms with Crippen LogP contribution in [0.1, 0.15) is 39.2 Å². The van der Waals surface area contributed by atoms with Gasteiger partial charge in [0.2, 0.25) is 5.91 Å². The molecule has 1 N–H and O–H groups in total. The van der Waals surface area contributed by atoms with Gasteiger partial charge in [0.05, 0.1) is 11.2 Å². The molecule has 1 fully saturated rings. The number of benzene rings is 1. The molecule has 1 heterocycles. The lowest BCUT2D eigenvalue weighted by Crippen LogP contribution is -2.49. The summed E-state index contributed by atoms with van der Waals surface area (Å²) in [5, 5.41) is 9.77. The molecule has 23 heavy (non-hydrogen) atoms. The van der Waals surface area contributed by atoms with Crippen molar-refractivity contribution in [1.29, 1.82) is 0 Å². The van der Waals surface area contributed by atoms with Crippen LogP contribution in [0.5, 0.6) is 0 Å². The summed E-state index contributed by atoms with van der Waals surface area (Å²) in [6.45, 7) is 7.28. The largest absolute Gasteiger partial charge is 0.481 e. The zero-order valence-electron chi connectivity index (χ0n) is 14.0. The number of rotatable bonds is 4. The quantitative estimate of drug-likeness (QED) is 0.918. The van der Waals surface area contributed by atoms with Crippen LogP contribution >= 0.6 is 11.8 Å². The first kappa shape index (κ1) is 17.9. The van der Waals surface area contributed by atoms with Gasteiger partial charge in [-0.1, -0.05) is 51.1 Å². The molecule has 1 aliphatic heterocycles. The number of carbonyl (C=O) groups excluding carboxylic acids is 1. The van der Waals surface area contributed by atoms with Gasteiger partial charge < -0.3 is 10.0 Å². The zero-order valence-corrected chi connectivity index (χ0v) is 14.9. The Bertz CT molecular complexity index is 557. The molecule has 1 aliphatic rings. The first-order valence-electron chi connectivity index (χ1n) is 7.95. The van der Waals surface area contributed by atoms with Crippen molar-refractivity contribution in [3.05, 3.63) is 35.9 Å². The van der Waals surface area contributed by atoms with Crippen LogP contribution in [0.4, 0.5) is 0 Å². The van der Waals surface area contributed by atoms with Gasteiger partial charge in [-0.05, 0) is 18.4 Å². The van der Waals surface area contributed by atoms with Crippen molar-refractivity contribution < 1.29 is 14.7 Å². The number of carboxylic acids is 1. The van der Waals surface area contributed by atoms with Gasteiger partial charge in [-0.15, -0.1) is 11.8 Å². The summed E-state index contributed by atoms with van der Waals surface area (Å²) in [5.74, 6) is -0.230. The number of aliphatic carboxylic acids is 1. The molecule has 0 unspecified atom stereocenters. The van der Waals surface area contributed by atoms with Crippen LogP contribution in [-0.4, -0.2) is 45.5 Å². The van der Waals surface area contributed by atoms with Gasteiger partial charge in [0.15, 0.2) is 0 Å². The Morgan fingerprint density at radius 2 is 1.74 bits per heavy atom. The Labute approximate surface area is 142 Å². The number of hydrogen-bond acceptors (Lipinski definition) is 3. The predicted molar refractivity (Wildman–Crippen MR) is 93.8 cm³/mol. The molecule has 0 atom stereocenters. The van der Waals surface area contributed by atoms with Crippen molar-refractivity contribution in [1.82, 2.24) is 4.90 Å². The van der Waals surface area contributed by atoms with Crippen molar-refractivity contribution >= 4 is 23.6 Å². The summed E-state index contributed by atoms with van der Waals surface area (Å²) < 4.78 is 0.0559.